The van der Waals surface area contributed by atoms with Crippen LogP contribution in [0.1, 0.15) is 29.5 Å². The molecule has 1 saturated heterocycles. The van der Waals surface area contributed by atoms with Crippen molar-refractivity contribution in [1.82, 2.24) is 5.43 Å². The van der Waals surface area contributed by atoms with Crippen molar-refractivity contribution in [2.75, 3.05) is 6.61 Å². The highest BCUT2D eigenvalue weighted by molar-refractivity contribution is 5.29. The molecular weight excluding hydrogens is 212 g/mol. The van der Waals surface area contributed by atoms with Crippen LogP contribution < -0.4 is 11.3 Å². The van der Waals surface area contributed by atoms with Gasteiger partial charge >= 0.3 is 0 Å². The molecule has 17 heavy (non-hydrogen) atoms. The third-order valence-corrected chi connectivity index (χ3v) is 3.36. The number of rotatable bonds is 4. The molecule has 3 heteroatoms. The summed E-state index contributed by atoms with van der Waals surface area (Å²) in [5.74, 6) is 5.65. The molecule has 0 saturated carbocycles. The van der Waals surface area contributed by atoms with Crippen LogP contribution in [0, 0.1) is 13.8 Å². The quantitative estimate of drug-likeness (QED) is 0.617. The predicted molar refractivity (Wildman–Crippen MR) is 69.7 cm³/mol. The Hall–Kier alpha value is -0.900. The Balaban J connectivity index is 2.06. The third kappa shape index (κ3) is 3.28. The van der Waals surface area contributed by atoms with Crippen LogP contribution in [0.3, 0.4) is 0 Å². The Morgan fingerprint density at radius 1 is 1.35 bits per heavy atom. The van der Waals surface area contributed by atoms with Gasteiger partial charge in [0.1, 0.15) is 0 Å². The van der Waals surface area contributed by atoms with Crippen molar-refractivity contribution in [2.45, 2.75) is 45.3 Å². The van der Waals surface area contributed by atoms with E-state index in [2.05, 4.69) is 37.5 Å². The largest absolute Gasteiger partial charge is 0.377 e. The summed E-state index contributed by atoms with van der Waals surface area (Å²) in [7, 11) is 0. The highest BCUT2D eigenvalue weighted by atomic mass is 16.5. The number of benzene rings is 1. The van der Waals surface area contributed by atoms with Crippen LogP contribution in [-0.4, -0.2) is 18.8 Å². The van der Waals surface area contributed by atoms with Crippen molar-refractivity contribution in [3.63, 3.8) is 0 Å². The lowest BCUT2D eigenvalue weighted by atomic mass is 9.97. The molecule has 0 aliphatic carbocycles. The van der Waals surface area contributed by atoms with Gasteiger partial charge in [0, 0.05) is 6.61 Å². The monoisotopic (exact) mass is 234 g/mol. The van der Waals surface area contributed by atoms with Crippen LogP contribution in [-0.2, 0) is 11.2 Å². The topological polar surface area (TPSA) is 47.3 Å². The zero-order valence-corrected chi connectivity index (χ0v) is 10.7. The summed E-state index contributed by atoms with van der Waals surface area (Å²) >= 11 is 0. The van der Waals surface area contributed by atoms with E-state index in [1.807, 2.05) is 0 Å². The van der Waals surface area contributed by atoms with Gasteiger partial charge in [-0.05, 0) is 38.7 Å². The molecule has 94 valence electrons. The second-order valence-electron chi connectivity index (χ2n) is 5.02. The molecule has 2 atom stereocenters. The molecule has 1 heterocycles. The number of hydrogen-bond donors (Lipinski definition) is 2. The molecule has 1 aromatic carbocycles. The summed E-state index contributed by atoms with van der Waals surface area (Å²) in [6, 6.07) is 6.87. The highest BCUT2D eigenvalue weighted by Gasteiger charge is 2.25. The lowest BCUT2D eigenvalue weighted by molar-refractivity contribution is 0.0784. The normalized spacial score (nSPS) is 21.7. The molecule has 1 aliphatic rings. The summed E-state index contributed by atoms with van der Waals surface area (Å²) in [4.78, 5) is 0. The number of nitrogens with two attached hydrogens (primary N) is 1. The Morgan fingerprint density at radius 2 is 2.06 bits per heavy atom. The van der Waals surface area contributed by atoms with Crippen LogP contribution in [0.2, 0.25) is 0 Å². The fourth-order valence-corrected chi connectivity index (χ4v) is 2.66. The van der Waals surface area contributed by atoms with E-state index in [9.17, 15) is 0 Å². The summed E-state index contributed by atoms with van der Waals surface area (Å²) in [6.45, 7) is 5.14. The number of hydrogen-bond acceptors (Lipinski definition) is 3. The van der Waals surface area contributed by atoms with Crippen LogP contribution in [0.4, 0.5) is 0 Å². The zero-order valence-electron chi connectivity index (χ0n) is 10.7. The highest BCUT2D eigenvalue weighted by Crippen LogP contribution is 2.19. The molecule has 0 spiro atoms. The molecular formula is C14H22N2O. The van der Waals surface area contributed by atoms with Gasteiger partial charge in [-0.2, -0.15) is 0 Å². The van der Waals surface area contributed by atoms with E-state index in [0.29, 0.717) is 0 Å². The summed E-state index contributed by atoms with van der Waals surface area (Å²) in [6.07, 6.45) is 3.46. The van der Waals surface area contributed by atoms with E-state index < -0.39 is 0 Å². The van der Waals surface area contributed by atoms with Gasteiger partial charge in [0.15, 0.2) is 0 Å². The van der Waals surface area contributed by atoms with Gasteiger partial charge in [-0.15, -0.1) is 0 Å². The van der Waals surface area contributed by atoms with Gasteiger partial charge < -0.3 is 4.74 Å². The van der Waals surface area contributed by atoms with Crippen LogP contribution >= 0.6 is 0 Å². The van der Waals surface area contributed by atoms with Crippen molar-refractivity contribution in [3.05, 3.63) is 34.9 Å². The summed E-state index contributed by atoms with van der Waals surface area (Å²) < 4.78 is 5.70. The first-order valence-corrected chi connectivity index (χ1v) is 6.34. The first-order chi connectivity index (χ1) is 8.19. The Morgan fingerprint density at radius 3 is 2.59 bits per heavy atom. The maximum absolute atomic E-state index is 5.70. The maximum atomic E-state index is 5.70. The minimum atomic E-state index is 0.221. The molecule has 0 amide bonds. The van der Waals surface area contributed by atoms with Gasteiger partial charge in [-0.1, -0.05) is 29.3 Å². The first kappa shape index (κ1) is 12.6. The average molecular weight is 234 g/mol. The molecule has 3 N–H and O–H groups in total. The summed E-state index contributed by atoms with van der Waals surface area (Å²) in [5, 5.41) is 0. The van der Waals surface area contributed by atoms with Gasteiger partial charge in [-0.3, -0.25) is 11.3 Å². The van der Waals surface area contributed by atoms with Crippen LogP contribution in [0.5, 0.6) is 0 Å². The Bertz CT molecular complexity index is 352. The molecule has 0 aromatic heterocycles. The van der Waals surface area contributed by atoms with E-state index in [1.54, 1.807) is 0 Å². The SMILES string of the molecule is Cc1cc(C)cc(CC(NN)C2CCCO2)c1. The van der Waals surface area contributed by atoms with Gasteiger partial charge in [0.2, 0.25) is 0 Å². The third-order valence-electron chi connectivity index (χ3n) is 3.36. The van der Waals surface area contributed by atoms with Gasteiger partial charge in [-0.25, -0.2) is 0 Å². The average Bonchev–Trinajstić information content (AvgIpc) is 2.77. The smallest absolute Gasteiger partial charge is 0.0745 e. The lowest BCUT2D eigenvalue weighted by Crippen LogP contribution is -2.45. The van der Waals surface area contributed by atoms with Crippen molar-refractivity contribution in [1.29, 1.82) is 0 Å². The fourth-order valence-electron chi connectivity index (χ4n) is 2.66. The van der Waals surface area contributed by atoms with Crippen LogP contribution in [0.15, 0.2) is 18.2 Å². The molecule has 2 rings (SSSR count). The van der Waals surface area contributed by atoms with E-state index >= 15 is 0 Å². The number of hydrazine groups is 1. The maximum Gasteiger partial charge on any atom is 0.0745 e. The number of aryl methyl sites for hydroxylation is 2. The predicted octanol–water partition coefficient (Wildman–Crippen LogP) is 1.86. The number of ether oxygens (including phenoxy) is 1. The standard InChI is InChI=1S/C14H22N2O/c1-10-6-11(2)8-12(7-10)9-13(16-15)14-4-3-5-17-14/h6-8,13-14,16H,3-5,9,15H2,1-2H3. The van der Waals surface area contributed by atoms with Crippen molar-refractivity contribution in [3.8, 4) is 0 Å². The number of nitrogens with one attached hydrogen (secondary N) is 1. The van der Waals surface area contributed by atoms with E-state index in [1.165, 1.54) is 16.7 Å². The summed E-state index contributed by atoms with van der Waals surface area (Å²) in [5.41, 5.74) is 6.86. The molecule has 1 aliphatic heterocycles. The minimum absolute atomic E-state index is 0.221. The second-order valence-corrected chi connectivity index (χ2v) is 5.02. The molecule has 3 nitrogen and oxygen atoms in total. The molecule has 0 radical (unpaired) electrons. The van der Waals surface area contributed by atoms with Crippen molar-refractivity contribution >= 4 is 0 Å². The van der Waals surface area contributed by atoms with Crippen molar-refractivity contribution < 1.29 is 4.74 Å². The molecule has 0 bridgehead atoms. The first-order valence-electron chi connectivity index (χ1n) is 6.34. The van der Waals surface area contributed by atoms with Crippen LogP contribution in [0.25, 0.3) is 0 Å². The zero-order chi connectivity index (χ0) is 12.3. The van der Waals surface area contributed by atoms with E-state index in [0.717, 1.165) is 25.9 Å². The molecule has 2 unspecified atom stereocenters. The van der Waals surface area contributed by atoms with E-state index in [4.69, 9.17) is 10.6 Å². The van der Waals surface area contributed by atoms with E-state index in [-0.39, 0.29) is 12.1 Å². The van der Waals surface area contributed by atoms with Gasteiger partial charge in [0.25, 0.3) is 0 Å². The Kier molecular flexibility index (Phi) is 4.15. The molecule has 1 fully saturated rings. The Labute approximate surface area is 103 Å². The lowest BCUT2D eigenvalue weighted by Gasteiger charge is -2.22. The minimum Gasteiger partial charge on any atom is -0.377 e. The van der Waals surface area contributed by atoms with Gasteiger partial charge in [0.05, 0.1) is 12.1 Å². The second kappa shape index (κ2) is 5.63. The fraction of sp³-hybridized carbons (Fsp3) is 0.571. The van der Waals surface area contributed by atoms with Crippen molar-refractivity contribution in [2.24, 2.45) is 5.84 Å². The molecule has 1 aromatic rings.